The summed E-state index contributed by atoms with van der Waals surface area (Å²) in [6.07, 6.45) is 1.11. The first-order valence-electron chi connectivity index (χ1n) is 8.82. The van der Waals surface area contributed by atoms with Crippen molar-refractivity contribution in [2.45, 2.75) is 13.8 Å². The van der Waals surface area contributed by atoms with Crippen LogP contribution in [-0.4, -0.2) is 15.9 Å². The van der Waals surface area contributed by atoms with Crippen LogP contribution < -0.4 is 21.0 Å². The zero-order valence-electron chi connectivity index (χ0n) is 15.6. The molecule has 1 aromatic heterocycles. The minimum atomic E-state index is -0.565. The molecule has 140 valence electrons. The number of hydrogen-bond donors (Lipinski definition) is 1. The SMILES string of the molecule is C=c1[nH]n(-c2ccccc2)c(=O)/c1=C1\C=C(C)N(c2ccc(C)cc2)C(=O)O1. The van der Waals surface area contributed by atoms with Crippen LogP contribution in [0.25, 0.3) is 18.0 Å². The van der Waals surface area contributed by atoms with E-state index in [1.807, 2.05) is 49.4 Å². The van der Waals surface area contributed by atoms with E-state index in [1.54, 1.807) is 25.1 Å². The lowest BCUT2D eigenvalue weighted by Crippen LogP contribution is -2.41. The first-order valence-corrected chi connectivity index (χ1v) is 8.82. The van der Waals surface area contributed by atoms with Crippen molar-refractivity contribution in [2.24, 2.45) is 0 Å². The van der Waals surface area contributed by atoms with Gasteiger partial charge in [-0.25, -0.2) is 9.48 Å². The van der Waals surface area contributed by atoms with Crippen molar-refractivity contribution < 1.29 is 9.53 Å². The molecule has 2 aromatic carbocycles. The molecule has 1 N–H and O–H groups in total. The Hall–Kier alpha value is -3.80. The number of benzene rings is 2. The number of ether oxygens (including phenoxy) is 1. The van der Waals surface area contributed by atoms with Gasteiger partial charge in [-0.1, -0.05) is 42.5 Å². The Morgan fingerprint density at radius 2 is 1.61 bits per heavy atom. The van der Waals surface area contributed by atoms with Gasteiger partial charge in [0.2, 0.25) is 0 Å². The molecule has 0 atom stereocenters. The number of hydrogen-bond acceptors (Lipinski definition) is 3. The Labute approximate surface area is 161 Å². The molecule has 3 aromatic rings. The van der Waals surface area contributed by atoms with Crippen molar-refractivity contribution in [2.75, 3.05) is 4.90 Å². The molecule has 6 heteroatoms. The molecule has 4 rings (SSSR count). The van der Waals surface area contributed by atoms with E-state index < -0.39 is 6.09 Å². The third-order valence-electron chi connectivity index (χ3n) is 4.59. The monoisotopic (exact) mass is 373 g/mol. The van der Waals surface area contributed by atoms with E-state index in [-0.39, 0.29) is 16.5 Å². The molecule has 0 fully saturated rings. The number of allylic oxidation sites excluding steroid dienone is 1. The molecule has 0 unspecified atom stereocenters. The van der Waals surface area contributed by atoms with Crippen LogP contribution in [0.1, 0.15) is 12.5 Å². The van der Waals surface area contributed by atoms with E-state index in [9.17, 15) is 9.59 Å². The summed E-state index contributed by atoms with van der Waals surface area (Å²) in [5, 5.41) is 3.56. The number of H-pyrrole nitrogens is 1. The second-order valence-electron chi connectivity index (χ2n) is 6.63. The molecule has 0 spiro atoms. The molecule has 1 amide bonds. The Kier molecular flexibility index (Phi) is 4.24. The lowest BCUT2D eigenvalue weighted by atomic mass is 10.2. The summed E-state index contributed by atoms with van der Waals surface area (Å²) < 4.78 is 6.89. The smallest absolute Gasteiger partial charge is 0.409 e. The number of aromatic amines is 1. The van der Waals surface area contributed by atoms with Crippen LogP contribution >= 0.6 is 0 Å². The summed E-state index contributed by atoms with van der Waals surface area (Å²) in [6.45, 7) is 7.68. The minimum absolute atomic E-state index is 0.187. The zero-order chi connectivity index (χ0) is 19.8. The minimum Gasteiger partial charge on any atom is -0.409 e. The summed E-state index contributed by atoms with van der Waals surface area (Å²) >= 11 is 0. The van der Waals surface area contributed by atoms with Crippen LogP contribution in [0.2, 0.25) is 0 Å². The number of carbonyl (C=O) groups excluding carboxylic acids is 1. The molecule has 1 aliphatic rings. The molecule has 0 aliphatic carbocycles. The van der Waals surface area contributed by atoms with E-state index in [4.69, 9.17) is 4.74 Å². The second-order valence-corrected chi connectivity index (χ2v) is 6.63. The van der Waals surface area contributed by atoms with Gasteiger partial charge in [0.25, 0.3) is 5.56 Å². The second kappa shape index (κ2) is 6.74. The molecule has 0 saturated carbocycles. The van der Waals surface area contributed by atoms with E-state index in [2.05, 4.69) is 11.7 Å². The number of carbonyl (C=O) groups is 1. The Morgan fingerprint density at radius 3 is 2.25 bits per heavy atom. The molecule has 1 aliphatic heterocycles. The highest BCUT2D eigenvalue weighted by molar-refractivity contribution is 5.96. The molecule has 0 radical (unpaired) electrons. The molecule has 0 bridgehead atoms. The maximum atomic E-state index is 12.9. The largest absolute Gasteiger partial charge is 0.424 e. The van der Waals surface area contributed by atoms with Crippen molar-refractivity contribution >= 4 is 24.1 Å². The van der Waals surface area contributed by atoms with Crippen LogP contribution in [0, 0.1) is 6.92 Å². The van der Waals surface area contributed by atoms with Crippen molar-refractivity contribution in [3.05, 3.63) is 92.9 Å². The van der Waals surface area contributed by atoms with Crippen LogP contribution in [-0.2, 0) is 4.74 Å². The highest BCUT2D eigenvalue weighted by Gasteiger charge is 2.26. The van der Waals surface area contributed by atoms with Crippen molar-refractivity contribution in [3.8, 4) is 5.69 Å². The predicted octanol–water partition coefficient (Wildman–Crippen LogP) is 2.55. The van der Waals surface area contributed by atoms with Gasteiger partial charge >= 0.3 is 6.09 Å². The molecule has 6 nitrogen and oxygen atoms in total. The third-order valence-corrected chi connectivity index (χ3v) is 4.59. The first kappa shape index (κ1) is 17.6. The molecule has 28 heavy (non-hydrogen) atoms. The number of para-hydroxylation sites is 1. The van der Waals surface area contributed by atoms with Crippen LogP contribution in [0.5, 0.6) is 0 Å². The van der Waals surface area contributed by atoms with Gasteiger partial charge < -0.3 is 4.74 Å². The van der Waals surface area contributed by atoms with Crippen LogP contribution in [0.4, 0.5) is 10.5 Å². The highest BCUT2D eigenvalue weighted by Crippen LogP contribution is 2.26. The number of cyclic esters (lactones) is 1. The van der Waals surface area contributed by atoms with E-state index in [0.717, 1.165) is 5.56 Å². The number of rotatable bonds is 2. The van der Waals surface area contributed by atoms with Gasteiger partial charge in [-0.05, 0) is 38.1 Å². The summed E-state index contributed by atoms with van der Waals surface area (Å²) in [7, 11) is 0. The van der Waals surface area contributed by atoms with Crippen molar-refractivity contribution in [3.63, 3.8) is 0 Å². The normalized spacial score (nSPS) is 16.0. The zero-order valence-corrected chi connectivity index (χ0v) is 15.6. The first-order chi connectivity index (χ1) is 13.5. The van der Waals surface area contributed by atoms with Gasteiger partial charge in [0.15, 0.2) is 0 Å². The Morgan fingerprint density at radius 1 is 0.929 bits per heavy atom. The third kappa shape index (κ3) is 2.95. The number of aromatic nitrogens is 2. The molecular weight excluding hydrogens is 354 g/mol. The predicted molar refractivity (Wildman–Crippen MR) is 108 cm³/mol. The number of anilines is 1. The number of nitrogens with one attached hydrogen (secondary N) is 1. The Bertz CT molecular complexity index is 1250. The molecular formula is C22H19N3O3. The fourth-order valence-electron chi connectivity index (χ4n) is 3.19. The molecule has 0 saturated heterocycles. The van der Waals surface area contributed by atoms with E-state index >= 15 is 0 Å². The highest BCUT2D eigenvalue weighted by atomic mass is 16.6. The standard InChI is InChI=1S/C22H19N3O3/c1-14-9-11-17(12-10-14)24-15(2)13-19(28-22(24)27)20-16(3)23-25(21(20)26)18-7-5-4-6-8-18/h4-13,23H,3H2,1-2H3/b20-19+. The summed E-state index contributed by atoms with van der Waals surface area (Å²) in [5.41, 5.74) is 2.80. The summed E-state index contributed by atoms with van der Waals surface area (Å²) in [4.78, 5) is 27.1. The van der Waals surface area contributed by atoms with Gasteiger partial charge in [-0.3, -0.25) is 14.8 Å². The van der Waals surface area contributed by atoms with Gasteiger partial charge in [0, 0.05) is 11.8 Å². The van der Waals surface area contributed by atoms with Gasteiger partial charge in [0.1, 0.15) is 11.0 Å². The number of nitrogens with zero attached hydrogens (tertiary/aromatic N) is 2. The maximum absolute atomic E-state index is 12.9. The van der Waals surface area contributed by atoms with Gasteiger partial charge in [-0.2, -0.15) is 0 Å². The quantitative estimate of drug-likeness (QED) is 0.751. The van der Waals surface area contributed by atoms with Crippen LogP contribution in [0.15, 0.2) is 71.2 Å². The maximum Gasteiger partial charge on any atom is 0.424 e. The fraction of sp³-hybridized carbons (Fsp3) is 0.0909. The number of aryl methyl sites for hydroxylation is 1. The lowest BCUT2D eigenvalue weighted by molar-refractivity contribution is 0.199. The Balaban J connectivity index is 1.85. The molecule has 2 heterocycles. The van der Waals surface area contributed by atoms with Gasteiger partial charge in [0.05, 0.1) is 16.7 Å². The summed E-state index contributed by atoms with van der Waals surface area (Å²) in [6, 6.07) is 16.7. The fourth-order valence-corrected chi connectivity index (χ4v) is 3.19. The topological polar surface area (TPSA) is 67.3 Å². The lowest BCUT2D eigenvalue weighted by Gasteiger charge is -2.27. The number of amides is 1. The van der Waals surface area contributed by atoms with Gasteiger partial charge in [-0.15, -0.1) is 0 Å². The van der Waals surface area contributed by atoms with Crippen molar-refractivity contribution in [1.29, 1.82) is 0 Å². The average Bonchev–Trinajstić information content (AvgIpc) is 2.97. The average molecular weight is 373 g/mol. The summed E-state index contributed by atoms with van der Waals surface area (Å²) in [5.74, 6) is 0.187. The van der Waals surface area contributed by atoms with E-state index in [0.29, 0.717) is 22.4 Å². The van der Waals surface area contributed by atoms with Crippen molar-refractivity contribution in [1.82, 2.24) is 9.78 Å². The van der Waals surface area contributed by atoms with E-state index in [1.165, 1.54) is 9.58 Å². The van der Waals surface area contributed by atoms with Crippen LogP contribution in [0.3, 0.4) is 0 Å².